The second-order valence-electron chi connectivity index (χ2n) is 5.56. The molecule has 5 heteroatoms. The molecule has 3 rings (SSSR count). The monoisotopic (exact) mass is 344 g/mol. The molecule has 1 aliphatic rings. The van der Waals surface area contributed by atoms with Crippen LogP contribution in [0.2, 0.25) is 5.02 Å². The largest absolute Gasteiger partial charge is 0.268 e. The molecule has 1 atom stereocenters. The van der Waals surface area contributed by atoms with Gasteiger partial charge in [-0.3, -0.25) is 14.7 Å². The predicted molar refractivity (Wildman–Crippen MR) is 98.8 cm³/mol. The van der Waals surface area contributed by atoms with Crippen LogP contribution in [-0.4, -0.2) is 22.9 Å². The highest BCUT2D eigenvalue weighted by Crippen LogP contribution is 2.28. The standard InChI is InChI=1S/C18H17ClN2OS/c1-12-4-3-5-14(10-12)17(22)21(18-20-13(2)11-23-18)16-8-6-15(19)7-9-16/h3-10,13H,11H2,1-2H3/t13-/m1/s1. The summed E-state index contributed by atoms with van der Waals surface area (Å²) in [6.45, 7) is 4.03. The Hall–Kier alpha value is -1.78. The highest BCUT2D eigenvalue weighted by Gasteiger charge is 2.27. The molecular formula is C18H17ClN2OS. The first-order chi connectivity index (χ1) is 11.0. The van der Waals surface area contributed by atoms with E-state index in [1.807, 2.05) is 43.3 Å². The zero-order valence-electron chi connectivity index (χ0n) is 13.0. The van der Waals surface area contributed by atoms with Gasteiger partial charge < -0.3 is 0 Å². The van der Waals surface area contributed by atoms with E-state index in [0.717, 1.165) is 22.2 Å². The third-order valence-electron chi connectivity index (χ3n) is 3.53. The summed E-state index contributed by atoms with van der Waals surface area (Å²) in [5, 5.41) is 1.39. The quantitative estimate of drug-likeness (QED) is 0.784. The zero-order valence-corrected chi connectivity index (χ0v) is 14.6. The number of aryl methyl sites for hydroxylation is 1. The molecule has 0 N–H and O–H groups in total. The molecule has 0 bridgehead atoms. The fourth-order valence-electron chi connectivity index (χ4n) is 2.39. The van der Waals surface area contributed by atoms with Gasteiger partial charge in [-0.25, -0.2) is 0 Å². The van der Waals surface area contributed by atoms with Crippen molar-refractivity contribution in [1.29, 1.82) is 0 Å². The molecule has 23 heavy (non-hydrogen) atoms. The average molecular weight is 345 g/mol. The number of amidine groups is 1. The molecule has 1 heterocycles. The number of aliphatic imine (C=N–C) groups is 1. The van der Waals surface area contributed by atoms with Crippen LogP contribution in [0.15, 0.2) is 53.5 Å². The lowest BCUT2D eigenvalue weighted by atomic mass is 10.1. The molecule has 2 aromatic carbocycles. The van der Waals surface area contributed by atoms with E-state index < -0.39 is 0 Å². The molecule has 0 fully saturated rings. The van der Waals surface area contributed by atoms with Gasteiger partial charge in [-0.15, -0.1) is 0 Å². The van der Waals surface area contributed by atoms with Crippen LogP contribution in [0.3, 0.4) is 0 Å². The fraction of sp³-hybridized carbons (Fsp3) is 0.222. The van der Waals surface area contributed by atoms with E-state index in [9.17, 15) is 4.79 Å². The molecule has 3 nitrogen and oxygen atoms in total. The zero-order chi connectivity index (χ0) is 16.4. The summed E-state index contributed by atoms with van der Waals surface area (Å²) in [7, 11) is 0. The summed E-state index contributed by atoms with van der Waals surface area (Å²) >= 11 is 7.58. The van der Waals surface area contributed by atoms with Crippen LogP contribution in [0.4, 0.5) is 5.69 Å². The van der Waals surface area contributed by atoms with E-state index in [2.05, 4.69) is 11.9 Å². The number of rotatable bonds is 2. The van der Waals surface area contributed by atoms with Crippen molar-refractivity contribution in [2.24, 2.45) is 4.99 Å². The summed E-state index contributed by atoms with van der Waals surface area (Å²) in [6.07, 6.45) is 0. The number of amides is 1. The summed E-state index contributed by atoms with van der Waals surface area (Å²) in [4.78, 5) is 19.4. The molecule has 1 aliphatic heterocycles. The minimum absolute atomic E-state index is 0.0728. The topological polar surface area (TPSA) is 32.7 Å². The minimum Gasteiger partial charge on any atom is -0.268 e. The summed E-state index contributed by atoms with van der Waals surface area (Å²) in [6, 6.07) is 15.1. The van der Waals surface area contributed by atoms with Gasteiger partial charge in [0.25, 0.3) is 5.91 Å². The molecule has 0 aliphatic carbocycles. The van der Waals surface area contributed by atoms with Crippen molar-refractivity contribution in [3.8, 4) is 0 Å². The van der Waals surface area contributed by atoms with E-state index in [4.69, 9.17) is 11.6 Å². The predicted octanol–water partition coefficient (Wildman–Crippen LogP) is 4.79. The van der Waals surface area contributed by atoms with E-state index >= 15 is 0 Å². The third kappa shape index (κ3) is 3.59. The number of thioether (sulfide) groups is 1. The highest BCUT2D eigenvalue weighted by molar-refractivity contribution is 8.14. The molecular weight excluding hydrogens is 328 g/mol. The van der Waals surface area contributed by atoms with Gasteiger partial charge in [-0.2, -0.15) is 0 Å². The Balaban J connectivity index is 2.03. The van der Waals surface area contributed by atoms with Gasteiger partial charge >= 0.3 is 0 Å². The van der Waals surface area contributed by atoms with Gasteiger partial charge in [-0.05, 0) is 50.2 Å². The number of benzene rings is 2. The van der Waals surface area contributed by atoms with Crippen molar-refractivity contribution >= 4 is 40.1 Å². The Kier molecular flexibility index (Phi) is 4.74. The lowest BCUT2D eigenvalue weighted by Crippen LogP contribution is -2.34. The van der Waals surface area contributed by atoms with E-state index in [0.29, 0.717) is 10.6 Å². The van der Waals surface area contributed by atoms with Crippen molar-refractivity contribution in [2.75, 3.05) is 10.7 Å². The van der Waals surface area contributed by atoms with Gasteiger partial charge in [-0.1, -0.05) is 41.1 Å². The third-order valence-corrected chi connectivity index (χ3v) is 4.98. The molecule has 0 spiro atoms. The number of hydrogen-bond donors (Lipinski definition) is 0. The van der Waals surface area contributed by atoms with Gasteiger partial charge in [0.2, 0.25) is 0 Å². The maximum Gasteiger partial charge on any atom is 0.264 e. The first kappa shape index (κ1) is 16.1. The summed E-state index contributed by atoms with van der Waals surface area (Å²) in [5.41, 5.74) is 2.49. The van der Waals surface area contributed by atoms with Crippen molar-refractivity contribution in [3.05, 3.63) is 64.7 Å². The van der Waals surface area contributed by atoms with Crippen LogP contribution >= 0.6 is 23.4 Å². The molecule has 1 amide bonds. The molecule has 0 aromatic heterocycles. The number of halogens is 1. The van der Waals surface area contributed by atoms with Crippen LogP contribution in [0, 0.1) is 6.92 Å². The van der Waals surface area contributed by atoms with Crippen LogP contribution in [0.25, 0.3) is 0 Å². The average Bonchev–Trinajstić information content (AvgIpc) is 2.95. The number of carbonyl (C=O) groups is 1. The van der Waals surface area contributed by atoms with Gasteiger partial charge in [0.1, 0.15) is 0 Å². The Bertz CT molecular complexity index is 758. The Morgan fingerprint density at radius 2 is 2.00 bits per heavy atom. The molecule has 0 saturated carbocycles. The lowest BCUT2D eigenvalue weighted by Gasteiger charge is -2.22. The van der Waals surface area contributed by atoms with E-state index in [1.54, 1.807) is 28.8 Å². The Labute approximate surface area is 145 Å². The van der Waals surface area contributed by atoms with Crippen molar-refractivity contribution in [2.45, 2.75) is 19.9 Å². The molecule has 0 radical (unpaired) electrons. The van der Waals surface area contributed by atoms with Crippen molar-refractivity contribution in [3.63, 3.8) is 0 Å². The SMILES string of the molecule is Cc1cccc(C(=O)N(C2=N[C@H](C)CS2)c2ccc(Cl)cc2)c1. The fourth-order valence-corrected chi connectivity index (χ4v) is 3.56. The van der Waals surface area contributed by atoms with Gasteiger partial charge in [0, 0.05) is 16.3 Å². The maximum atomic E-state index is 13.1. The second kappa shape index (κ2) is 6.77. The van der Waals surface area contributed by atoms with Gasteiger partial charge in [0.05, 0.1) is 11.7 Å². The molecule has 0 saturated heterocycles. The highest BCUT2D eigenvalue weighted by atomic mass is 35.5. The molecule has 0 unspecified atom stereocenters. The van der Waals surface area contributed by atoms with Crippen molar-refractivity contribution < 1.29 is 4.79 Å². The Morgan fingerprint density at radius 1 is 1.26 bits per heavy atom. The number of carbonyl (C=O) groups excluding carboxylic acids is 1. The first-order valence-electron chi connectivity index (χ1n) is 7.42. The number of anilines is 1. The normalized spacial score (nSPS) is 17.0. The number of hydrogen-bond acceptors (Lipinski definition) is 3. The van der Waals surface area contributed by atoms with Crippen molar-refractivity contribution in [1.82, 2.24) is 0 Å². The van der Waals surface area contributed by atoms with E-state index in [-0.39, 0.29) is 11.9 Å². The minimum atomic E-state index is -0.0728. The smallest absolute Gasteiger partial charge is 0.264 e. The van der Waals surface area contributed by atoms with E-state index in [1.165, 1.54) is 0 Å². The first-order valence-corrected chi connectivity index (χ1v) is 8.78. The Morgan fingerprint density at radius 3 is 2.61 bits per heavy atom. The second-order valence-corrected chi connectivity index (χ2v) is 6.98. The van der Waals surface area contributed by atoms with Crippen LogP contribution in [0.5, 0.6) is 0 Å². The van der Waals surface area contributed by atoms with Crippen LogP contribution in [-0.2, 0) is 0 Å². The lowest BCUT2D eigenvalue weighted by molar-refractivity contribution is 0.100. The summed E-state index contributed by atoms with van der Waals surface area (Å²) in [5.74, 6) is 0.817. The number of nitrogens with zero attached hydrogens (tertiary/aromatic N) is 2. The molecule has 118 valence electrons. The van der Waals surface area contributed by atoms with Crippen LogP contribution in [0.1, 0.15) is 22.8 Å². The maximum absolute atomic E-state index is 13.1. The molecule has 2 aromatic rings. The van der Waals surface area contributed by atoms with Gasteiger partial charge in [0.15, 0.2) is 5.17 Å². The summed E-state index contributed by atoms with van der Waals surface area (Å²) < 4.78 is 0. The van der Waals surface area contributed by atoms with Crippen LogP contribution < -0.4 is 4.90 Å².